The maximum Gasteiger partial charge on any atom is 0.251 e. The average Bonchev–Trinajstić information content (AvgIpc) is 2.60. The minimum Gasteiger partial charge on any atom is -0.384 e. The van der Waals surface area contributed by atoms with E-state index in [1.54, 1.807) is 0 Å². The molecule has 0 aliphatic rings. The summed E-state index contributed by atoms with van der Waals surface area (Å²) in [6.07, 6.45) is 0. The van der Waals surface area contributed by atoms with Gasteiger partial charge in [0.1, 0.15) is 11.4 Å². The first-order valence-corrected chi connectivity index (χ1v) is 9.27. The van der Waals surface area contributed by atoms with E-state index in [9.17, 15) is 22.7 Å². The summed E-state index contributed by atoms with van der Waals surface area (Å²) in [7, 11) is -0.845. The Labute approximate surface area is 152 Å². The zero-order chi connectivity index (χ0) is 19.5. The van der Waals surface area contributed by atoms with Crippen molar-refractivity contribution in [2.75, 3.05) is 20.6 Å². The Morgan fingerprint density at radius 2 is 1.81 bits per heavy atom. The third-order valence-corrected chi connectivity index (χ3v) is 5.75. The van der Waals surface area contributed by atoms with Crippen LogP contribution in [0.1, 0.15) is 22.8 Å². The van der Waals surface area contributed by atoms with Crippen LogP contribution in [0, 0.1) is 5.82 Å². The molecule has 1 amide bonds. The number of sulfonamides is 1. The van der Waals surface area contributed by atoms with Crippen LogP contribution in [0.25, 0.3) is 0 Å². The molecule has 0 radical (unpaired) electrons. The summed E-state index contributed by atoms with van der Waals surface area (Å²) >= 11 is 0. The predicted molar refractivity (Wildman–Crippen MR) is 95.6 cm³/mol. The molecule has 2 rings (SSSR count). The molecule has 0 saturated carbocycles. The van der Waals surface area contributed by atoms with Crippen LogP contribution >= 0.6 is 0 Å². The Morgan fingerprint density at radius 3 is 2.38 bits per heavy atom. The van der Waals surface area contributed by atoms with Crippen molar-refractivity contribution in [3.63, 3.8) is 0 Å². The minimum absolute atomic E-state index is 0.000412. The van der Waals surface area contributed by atoms with Crippen molar-refractivity contribution < 1.29 is 22.7 Å². The van der Waals surface area contributed by atoms with Crippen LogP contribution < -0.4 is 5.32 Å². The standard InChI is InChI=1S/C18H21FN2O4S/c1-18(23,14-7-9-15(19)10-8-14)12-20-17(22)13-5-4-6-16(11-13)26(24,25)21(2)3/h4-11,23H,12H2,1-3H3,(H,20,22). The fraction of sp³-hybridized carbons (Fsp3) is 0.278. The van der Waals surface area contributed by atoms with Crippen molar-refractivity contribution >= 4 is 15.9 Å². The van der Waals surface area contributed by atoms with E-state index < -0.39 is 27.3 Å². The molecule has 0 fully saturated rings. The molecule has 2 N–H and O–H groups in total. The van der Waals surface area contributed by atoms with E-state index in [0.717, 1.165) is 4.31 Å². The summed E-state index contributed by atoms with van der Waals surface area (Å²) in [4.78, 5) is 12.3. The lowest BCUT2D eigenvalue weighted by Gasteiger charge is -2.24. The summed E-state index contributed by atoms with van der Waals surface area (Å²) in [6, 6.07) is 11.0. The highest BCUT2D eigenvalue weighted by Crippen LogP contribution is 2.20. The van der Waals surface area contributed by atoms with Gasteiger partial charge in [-0.15, -0.1) is 0 Å². The highest BCUT2D eigenvalue weighted by atomic mass is 32.2. The van der Waals surface area contributed by atoms with Gasteiger partial charge >= 0.3 is 0 Å². The fourth-order valence-corrected chi connectivity index (χ4v) is 3.22. The van der Waals surface area contributed by atoms with Gasteiger partial charge in [-0.05, 0) is 42.8 Å². The molecule has 0 heterocycles. The lowest BCUT2D eigenvalue weighted by molar-refractivity contribution is 0.0526. The van der Waals surface area contributed by atoms with Gasteiger partial charge in [0, 0.05) is 19.7 Å². The lowest BCUT2D eigenvalue weighted by atomic mass is 9.96. The molecule has 140 valence electrons. The van der Waals surface area contributed by atoms with Gasteiger partial charge in [-0.3, -0.25) is 4.79 Å². The van der Waals surface area contributed by atoms with Gasteiger partial charge < -0.3 is 10.4 Å². The van der Waals surface area contributed by atoms with Gasteiger partial charge in [0.2, 0.25) is 10.0 Å². The second kappa shape index (κ2) is 7.53. The van der Waals surface area contributed by atoms with Gasteiger partial charge in [0.25, 0.3) is 5.91 Å². The lowest BCUT2D eigenvalue weighted by Crippen LogP contribution is -2.38. The number of hydrogen-bond donors (Lipinski definition) is 2. The number of carbonyl (C=O) groups excluding carboxylic acids is 1. The molecule has 6 nitrogen and oxygen atoms in total. The van der Waals surface area contributed by atoms with E-state index in [1.807, 2.05) is 0 Å². The van der Waals surface area contributed by atoms with E-state index in [2.05, 4.69) is 5.32 Å². The molecule has 2 aromatic rings. The molecule has 0 aliphatic heterocycles. The van der Waals surface area contributed by atoms with Crippen molar-refractivity contribution in [3.8, 4) is 0 Å². The first-order chi connectivity index (χ1) is 12.0. The maximum atomic E-state index is 13.0. The summed E-state index contributed by atoms with van der Waals surface area (Å²) in [5.74, 6) is -0.948. The highest BCUT2D eigenvalue weighted by molar-refractivity contribution is 7.89. The topological polar surface area (TPSA) is 86.7 Å². The van der Waals surface area contributed by atoms with Crippen LogP contribution in [0.15, 0.2) is 53.4 Å². The van der Waals surface area contributed by atoms with Crippen LogP contribution in [0.5, 0.6) is 0 Å². The molecule has 0 bridgehead atoms. The molecular weight excluding hydrogens is 359 g/mol. The van der Waals surface area contributed by atoms with Gasteiger partial charge in [-0.1, -0.05) is 18.2 Å². The van der Waals surface area contributed by atoms with Crippen molar-refractivity contribution in [1.82, 2.24) is 9.62 Å². The molecule has 1 unspecified atom stereocenters. The molecule has 1 atom stereocenters. The van der Waals surface area contributed by atoms with Gasteiger partial charge in [-0.25, -0.2) is 17.1 Å². The normalized spacial score (nSPS) is 14.1. The summed E-state index contributed by atoms with van der Waals surface area (Å²) in [5.41, 5.74) is -0.803. The van der Waals surface area contributed by atoms with E-state index in [0.29, 0.717) is 5.56 Å². The number of nitrogens with one attached hydrogen (secondary N) is 1. The Balaban J connectivity index is 2.14. The Bertz CT molecular complexity index is 894. The number of benzene rings is 2. The number of carbonyl (C=O) groups is 1. The Kier molecular flexibility index (Phi) is 5.80. The van der Waals surface area contributed by atoms with Crippen LogP contribution in [0.4, 0.5) is 4.39 Å². The molecule has 26 heavy (non-hydrogen) atoms. The smallest absolute Gasteiger partial charge is 0.251 e. The van der Waals surface area contributed by atoms with Crippen molar-refractivity contribution in [1.29, 1.82) is 0 Å². The zero-order valence-electron chi connectivity index (χ0n) is 14.7. The molecular formula is C18H21FN2O4S. The molecule has 8 heteroatoms. The first-order valence-electron chi connectivity index (χ1n) is 7.83. The second-order valence-corrected chi connectivity index (χ2v) is 8.43. The van der Waals surface area contributed by atoms with Gasteiger partial charge in [0.05, 0.1) is 11.4 Å². The quantitative estimate of drug-likeness (QED) is 0.799. The number of hydrogen-bond acceptors (Lipinski definition) is 4. The first kappa shape index (κ1) is 20.0. The third-order valence-electron chi connectivity index (χ3n) is 3.93. The molecule has 0 aliphatic carbocycles. The number of amides is 1. The van der Waals surface area contributed by atoms with Crippen molar-refractivity contribution in [2.24, 2.45) is 0 Å². The highest BCUT2D eigenvalue weighted by Gasteiger charge is 2.25. The summed E-state index contributed by atoms with van der Waals surface area (Å²) < 4.78 is 38.4. The van der Waals surface area contributed by atoms with E-state index in [-0.39, 0.29) is 17.0 Å². The van der Waals surface area contributed by atoms with Crippen molar-refractivity contribution in [2.45, 2.75) is 17.4 Å². The average molecular weight is 380 g/mol. The van der Waals surface area contributed by atoms with Crippen molar-refractivity contribution in [3.05, 3.63) is 65.5 Å². The van der Waals surface area contributed by atoms with Gasteiger partial charge in [-0.2, -0.15) is 0 Å². The molecule has 0 saturated heterocycles. The van der Waals surface area contributed by atoms with E-state index in [4.69, 9.17) is 0 Å². The number of rotatable bonds is 6. The SMILES string of the molecule is CN(C)S(=O)(=O)c1cccc(C(=O)NCC(C)(O)c2ccc(F)cc2)c1. The number of aliphatic hydroxyl groups is 1. The monoisotopic (exact) mass is 380 g/mol. The van der Waals surface area contributed by atoms with Crippen LogP contribution in [0.3, 0.4) is 0 Å². The third kappa shape index (κ3) is 4.46. The zero-order valence-corrected chi connectivity index (χ0v) is 15.5. The largest absolute Gasteiger partial charge is 0.384 e. The molecule has 0 spiro atoms. The Morgan fingerprint density at radius 1 is 1.19 bits per heavy atom. The van der Waals surface area contributed by atoms with E-state index in [1.165, 1.54) is 69.6 Å². The van der Waals surface area contributed by atoms with E-state index >= 15 is 0 Å². The molecule has 2 aromatic carbocycles. The molecule has 0 aromatic heterocycles. The van der Waals surface area contributed by atoms with Crippen LogP contribution in [-0.4, -0.2) is 44.4 Å². The maximum absolute atomic E-state index is 13.0. The number of nitrogens with zero attached hydrogens (tertiary/aromatic N) is 1. The predicted octanol–water partition coefficient (Wildman–Crippen LogP) is 1.71. The Hall–Kier alpha value is -2.29. The van der Waals surface area contributed by atoms with Gasteiger partial charge in [0.15, 0.2) is 0 Å². The fourth-order valence-electron chi connectivity index (χ4n) is 2.27. The summed E-state index contributed by atoms with van der Waals surface area (Å²) in [6.45, 7) is 1.37. The summed E-state index contributed by atoms with van der Waals surface area (Å²) in [5, 5.41) is 13.1. The van der Waals surface area contributed by atoms with Crippen LogP contribution in [0.2, 0.25) is 0 Å². The van der Waals surface area contributed by atoms with Crippen LogP contribution in [-0.2, 0) is 15.6 Å². The number of halogens is 1. The minimum atomic E-state index is -3.65. The second-order valence-electron chi connectivity index (χ2n) is 6.28.